The lowest BCUT2D eigenvalue weighted by molar-refractivity contribution is -0.126. The van der Waals surface area contributed by atoms with Gasteiger partial charge in [-0.3, -0.25) is 9.59 Å². The molecule has 2 aromatic carbocycles. The summed E-state index contributed by atoms with van der Waals surface area (Å²) in [4.78, 5) is 39.4. The first-order chi connectivity index (χ1) is 18.0. The van der Waals surface area contributed by atoms with Gasteiger partial charge in [-0.2, -0.15) is 0 Å². The Morgan fingerprint density at radius 2 is 1.95 bits per heavy atom. The molecule has 0 spiro atoms. The fourth-order valence-corrected chi connectivity index (χ4v) is 4.80. The zero-order valence-electron chi connectivity index (χ0n) is 20.1. The third kappa shape index (κ3) is 5.34. The number of anilines is 1. The number of hydrogen-bond donors (Lipinski definition) is 2. The van der Waals surface area contributed by atoms with E-state index in [9.17, 15) is 9.59 Å². The highest BCUT2D eigenvalue weighted by Gasteiger charge is 2.24. The number of aromatic amines is 1. The second-order valence-corrected chi connectivity index (χ2v) is 9.27. The molecule has 1 unspecified atom stereocenters. The van der Waals surface area contributed by atoms with Gasteiger partial charge in [0.15, 0.2) is 5.78 Å². The number of carbonyl (C=O) groups is 2. The van der Waals surface area contributed by atoms with Crippen molar-refractivity contribution in [3.05, 3.63) is 89.9 Å². The fraction of sp³-hybridized carbons (Fsp3) is 0.214. The molecule has 37 heavy (non-hydrogen) atoms. The molecule has 3 heterocycles. The molecule has 188 valence electrons. The lowest BCUT2D eigenvalue weighted by Gasteiger charge is -2.24. The summed E-state index contributed by atoms with van der Waals surface area (Å²) in [6, 6.07) is 14.3. The summed E-state index contributed by atoms with van der Waals surface area (Å²) in [5.41, 5.74) is 1.29. The van der Waals surface area contributed by atoms with Crippen molar-refractivity contribution >= 4 is 40.1 Å². The molecule has 1 aliphatic heterocycles. The van der Waals surface area contributed by atoms with Crippen molar-refractivity contribution in [2.45, 2.75) is 25.3 Å². The Balaban J connectivity index is 1.42. The van der Waals surface area contributed by atoms with E-state index in [0.717, 1.165) is 19.3 Å². The van der Waals surface area contributed by atoms with Gasteiger partial charge >= 0.3 is 0 Å². The Kier molecular flexibility index (Phi) is 7.18. The van der Waals surface area contributed by atoms with Crippen LogP contribution in [0.4, 0.5) is 5.82 Å². The number of nitrogens with zero attached hydrogens (tertiary/aromatic N) is 3. The van der Waals surface area contributed by atoms with Crippen molar-refractivity contribution in [1.29, 1.82) is 0 Å². The van der Waals surface area contributed by atoms with Crippen molar-refractivity contribution in [2.24, 2.45) is 0 Å². The highest BCUT2D eigenvalue weighted by atomic mass is 35.5. The number of nitrogens with one attached hydrogen (secondary N) is 2. The largest absolute Gasteiger partial charge is 0.457 e. The maximum atomic E-state index is 13.6. The summed E-state index contributed by atoms with van der Waals surface area (Å²) in [6.45, 7) is 4.83. The Morgan fingerprint density at radius 1 is 1.11 bits per heavy atom. The predicted octanol–water partition coefficient (Wildman–Crippen LogP) is 5.61. The number of para-hydroxylation sites is 1. The van der Waals surface area contributed by atoms with Gasteiger partial charge in [0.1, 0.15) is 29.3 Å². The van der Waals surface area contributed by atoms with Crippen molar-refractivity contribution in [3.8, 4) is 11.5 Å². The minimum absolute atomic E-state index is 0.0274. The number of fused-ring (bicyclic) bond motifs is 1. The lowest BCUT2D eigenvalue weighted by Crippen LogP contribution is -2.38. The number of H-pyrrole nitrogens is 1. The highest BCUT2D eigenvalue weighted by Crippen LogP contribution is 2.31. The average molecular weight is 516 g/mol. The number of hydrogen-bond acceptors (Lipinski definition) is 6. The molecule has 2 N–H and O–H groups in total. The summed E-state index contributed by atoms with van der Waals surface area (Å²) < 4.78 is 5.84. The number of amides is 1. The Hall–Kier alpha value is -4.17. The molecule has 0 saturated carbocycles. The van der Waals surface area contributed by atoms with Gasteiger partial charge in [0.25, 0.3) is 0 Å². The second kappa shape index (κ2) is 10.8. The van der Waals surface area contributed by atoms with E-state index in [0.29, 0.717) is 52.6 Å². The van der Waals surface area contributed by atoms with Crippen molar-refractivity contribution in [3.63, 3.8) is 0 Å². The molecule has 1 saturated heterocycles. The summed E-state index contributed by atoms with van der Waals surface area (Å²) in [5, 5.41) is 4.31. The second-order valence-electron chi connectivity index (χ2n) is 8.86. The third-order valence-electron chi connectivity index (χ3n) is 6.38. The van der Waals surface area contributed by atoms with Crippen LogP contribution in [0.2, 0.25) is 5.02 Å². The number of halogens is 1. The van der Waals surface area contributed by atoms with Crippen LogP contribution in [0.1, 0.15) is 35.2 Å². The van der Waals surface area contributed by atoms with Gasteiger partial charge in [0.2, 0.25) is 5.91 Å². The monoisotopic (exact) mass is 515 g/mol. The van der Waals surface area contributed by atoms with Gasteiger partial charge in [0, 0.05) is 37.0 Å². The Labute approximate surface area is 219 Å². The normalized spacial score (nSPS) is 15.7. The number of rotatable bonds is 7. The summed E-state index contributed by atoms with van der Waals surface area (Å²) >= 11 is 6.53. The molecule has 0 radical (unpaired) electrons. The number of aromatic nitrogens is 3. The maximum Gasteiger partial charge on any atom is 0.246 e. The molecule has 5 rings (SSSR count). The van der Waals surface area contributed by atoms with Crippen LogP contribution in [0.3, 0.4) is 0 Å². The topological polar surface area (TPSA) is 100 Å². The summed E-state index contributed by atoms with van der Waals surface area (Å²) in [6.07, 6.45) is 7.18. The van der Waals surface area contributed by atoms with Crippen molar-refractivity contribution in [1.82, 2.24) is 19.9 Å². The molecular weight excluding hydrogens is 490 g/mol. The van der Waals surface area contributed by atoms with Crippen LogP contribution < -0.4 is 10.1 Å². The zero-order chi connectivity index (χ0) is 25.8. The molecule has 2 aromatic heterocycles. The van der Waals surface area contributed by atoms with Gasteiger partial charge in [-0.1, -0.05) is 36.4 Å². The maximum absolute atomic E-state index is 13.6. The first-order valence-corrected chi connectivity index (χ1v) is 12.5. The van der Waals surface area contributed by atoms with E-state index in [-0.39, 0.29) is 22.8 Å². The molecule has 8 nitrogen and oxygen atoms in total. The average Bonchev–Trinajstić information content (AvgIpc) is 3.22. The summed E-state index contributed by atoms with van der Waals surface area (Å²) in [7, 11) is 0. The van der Waals surface area contributed by atoms with Gasteiger partial charge in [-0.25, -0.2) is 9.97 Å². The molecule has 1 aliphatic rings. The van der Waals surface area contributed by atoms with E-state index in [2.05, 4.69) is 26.8 Å². The quantitative estimate of drug-likeness (QED) is 0.245. The van der Waals surface area contributed by atoms with Crippen LogP contribution in [0.15, 0.2) is 73.7 Å². The van der Waals surface area contributed by atoms with Gasteiger partial charge in [-0.15, -0.1) is 0 Å². The molecule has 0 aliphatic carbocycles. The third-order valence-corrected chi connectivity index (χ3v) is 6.69. The smallest absolute Gasteiger partial charge is 0.246 e. The molecule has 1 fully saturated rings. The lowest BCUT2D eigenvalue weighted by atomic mass is 10.0. The Morgan fingerprint density at radius 3 is 2.73 bits per heavy atom. The fourth-order valence-electron chi connectivity index (χ4n) is 4.55. The van der Waals surface area contributed by atoms with Crippen LogP contribution >= 0.6 is 11.6 Å². The van der Waals surface area contributed by atoms with Crippen LogP contribution in [-0.2, 0) is 4.79 Å². The molecule has 1 amide bonds. The molecule has 4 aromatic rings. The SMILES string of the molecule is C=CC(=O)N1CCCCC(Nc2ncnc3[nH]cc(C(=O)c4ccc(Oc5ccccc5)cc4Cl)c23)C1. The number of carbonyl (C=O) groups excluding carboxylic acids is 2. The van der Waals surface area contributed by atoms with Gasteiger partial charge < -0.3 is 19.9 Å². The van der Waals surface area contributed by atoms with E-state index in [1.807, 2.05) is 30.3 Å². The molecule has 1 atom stereocenters. The van der Waals surface area contributed by atoms with E-state index < -0.39 is 0 Å². The van der Waals surface area contributed by atoms with E-state index >= 15 is 0 Å². The number of ether oxygens (including phenoxy) is 1. The van der Waals surface area contributed by atoms with E-state index in [4.69, 9.17) is 16.3 Å². The summed E-state index contributed by atoms with van der Waals surface area (Å²) in [5.74, 6) is 1.39. The number of likely N-dealkylation sites (tertiary alicyclic amines) is 1. The van der Waals surface area contributed by atoms with E-state index in [1.54, 1.807) is 29.3 Å². The minimum Gasteiger partial charge on any atom is -0.457 e. The first-order valence-electron chi connectivity index (χ1n) is 12.1. The van der Waals surface area contributed by atoms with Crippen LogP contribution in [0.25, 0.3) is 11.0 Å². The van der Waals surface area contributed by atoms with E-state index in [1.165, 1.54) is 12.4 Å². The van der Waals surface area contributed by atoms with Gasteiger partial charge in [-0.05, 0) is 49.6 Å². The zero-order valence-corrected chi connectivity index (χ0v) is 20.9. The first kappa shape index (κ1) is 24.5. The standard InChI is InChI=1S/C28H26ClN5O3/c1-2-24(35)34-13-7-6-8-18(16-34)33-28-25-22(15-30-27(25)31-17-32-28)26(36)21-12-11-20(14-23(21)29)37-19-9-4-3-5-10-19/h2-5,9-12,14-15,17-18H,1,6-8,13,16H2,(H2,30,31,32,33). The predicted molar refractivity (Wildman–Crippen MR) is 143 cm³/mol. The number of benzene rings is 2. The molecule has 9 heteroatoms. The van der Waals surface area contributed by atoms with Crippen molar-refractivity contribution in [2.75, 3.05) is 18.4 Å². The van der Waals surface area contributed by atoms with Crippen LogP contribution in [0.5, 0.6) is 11.5 Å². The van der Waals surface area contributed by atoms with Crippen molar-refractivity contribution < 1.29 is 14.3 Å². The number of ketones is 1. The molecular formula is C28H26ClN5O3. The minimum atomic E-state index is -0.260. The van der Waals surface area contributed by atoms with Crippen LogP contribution in [0, 0.1) is 0 Å². The Bertz CT molecular complexity index is 1450. The van der Waals surface area contributed by atoms with Crippen LogP contribution in [-0.4, -0.2) is 50.7 Å². The highest BCUT2D eigenvalue weighted by molar-refractivity contribution is 6.35. The van der Waals surface area contributed by atoms with Gasteiger partial charge in [0.05, 0.1) is 16.0 Å². The molecule has 0 bridgehead atoms.